The highest BCUT2D eigenvalue weighted by Crippen LogP contribution is 2.28. The number of amides is 1. The number of carbonyl (C=O) groups excluding carboxylic acids is 1. The molecule has 0 bridgehead atoms. The lowest BCUT2D eigenvalue weighted by molar-refractivity contribution is -0.385. The maximum Gasteiger partial charge on any atom is 0.274 e. The van der Waals surface area contributed by atoms with Gasteiger partial charge in [-0.1, -0.05) is 6.92 Å². The number of nitro benzene ring substituents is 1. The lowest BCUT2D eigenvalue weighted by Crippen LogP contribution is -2.32. The monoisotopic (exact) mass is 334 g/mol. The molecule has 0 aliphatic carbocycles. The molecule has 0 radical (unpaired) electrons. The molecule has 0 spiro atoms. The van der Waals surface area contributed by atoms with Gasteiger partial charge in [0.15, 0.2) is 0 Å². The Hall–Kier alpha value is -1.67. The molecule has 1 aromatic carbocycles. The first-order valence-corrected chi connectivity index (χ1v) is 8.43. The van der Waals surface area contributed by atoms with Crippen LogP contribution >= 0.6 is 10.7 Å². The number of nitrogens with one attached hydrogen (secondary N) is 1. The van der Waals surface area contributed by atoms with Crippen molar-refractivity contribution in [2.24, 2.45) is 0 Å². The van der Waals surface area contributed by atoms with Crippen molar-refractivity contribution in [3.63, 3.8) is 0 Å². The fourth-order valence-corrected chi connectivity index (χ4v) is 2.42. The number of carbonyl (C=O) groups is 1. The Balaban J connectivity index is 3.47. The van der Waals surface area contributed by atoms with E-state index in [1.807, 2.05) is 6.92 Å². The van der Waals surface area contributed by atoms with Crippen molar-refractivity contribution in [3.8, 4) is 0 Å². The fraction of sp³-hybridized carbons (Fsp3) is 0.417. The Morgan fingerprint density at radius 3 is 2.48 bits per heavy atom. The molecule has 0 saturated carbocycles. The van der Waals surface area contributed by atoms with Gasteiger partial charge in [0, 0.05) is 28.4 Å². The number of rotatable bonds is 5. The van der Waals surface area contributed by atoms with E-state index in [1.54, 1.807) is 6.92 Å². The standard InChI is InChI=1S/C12H15ClN2O5S/c1-4-7(2)14-12(16)10-5-9(21(13,19)20)6-11(8(10)3)15(17)18/h5-7H,4H2,1-3H3,(H,14,16). The van der Waals surface area contributed by atoms with Gasteiger partial charge < -0.3 is 5.32 Å². The molecule has 1 aromatic rings. The van der Waals surface area contributed by atoms with Gasteiger partial charge in [0.2, 0.25) is 0 Å². The number of nitro groups is 1. The van der Waals surface area contributed by atoms with Crippen molar-refractivity contribution in [3.05, 3.63) is 33.4 Å². The van der Waals surface area contributed by atoms with Crippen LogP contribution in [0.3, 0.4) is 0 Å². The highest BCUT2D eigenvalue weighted by molar-refractivity contribution is 8.13. The van der Waals surface area contributed by atoms with Crippen LogP contribution in [0.2, 0.25) is 0 Å². The third-order valence-corrected chi connectivity index (χ3v) is 4.40. The Kier molecular flexibility index (Phi) is 5.30. The molecule has 1 unspecified atom stereocenters. The first kappa shape index (κ1) is 17.4. The van der Waals surface area contributed by atoms with Gasteiger partial charge in [-0.3, -0.25) is 14.9 Å². The largest absolute Gasteiger partial charge is 0.350 e. The number of benzene rings is 1. The minimum Gasteiger partial charge on any atom is -0.350 e. The van der Waals surface area contributed by atoms with E-state index < -0.39 is 30.5 Å². The van der Waals surface area contributed by atoms with Crippen LogP contribution in [-0.4, -0.2) is 25.3 Å². The molecule has 1 atom stereocenters. The molecule has 1 amide bonds. The van der Waals surface area contributed by atoms with E-state index >= 15 is 0 Å². The van der Waals surface area contributed by atoms with Gasteiger partial charge >= 0.3 is 0 Å². The molecule has 7 nitrogen and oxygen atoms in total. The van der Waals surface area contributed by atoms with Crippen LogP contribution in [0.5, 0.6) is 0 Å². The molecule has 0 aliphatic heterocycles. The maximum absolute atomic E-state index is 12.1. The molecule has 116 valence electrons. The summed E-state index contributed by atoms with van der Waals surface area (Å²) < 4.78 is 22.8. The van der Waals surface area contributed by atoms with Gasteiger partial charge in [-0.05, 0) is 26.3 Å². The van der Waals surface area contributed by atoms with Gasteiger partial charge in [-0.2, -0.15) is 0 Å². The van der Waals surface area contributed by atoms with Crippen molar-refractivity contribution in [1.82, 2.24) is 5.32 Å². The maximum atomic E-state index is 12.1. The van der Waals surface area contributed by atoms with E-state index in [2.05, 4.69) is 5.32 Å². The van der Waals surface area contributed by atoms with Gasteiger partial charge in [-0.15, -0.1) is 0 Å². The van der Waals surface area contributed by atoms with Crippen LogP contribution in [0.4, 0.5) is 5.69 Å². The summed E-state index contributed by atoms with van der Waals surface area (Å²) in [5, 5.41) is 13.6. The van der Waals surface area contributed by atoms with E-state index in [0.717, 1.165) is 12.1 Å². The molecule has 9 heteroatoms. The number of hydrogen-bond donors (Lipinski definition) is 1. The van der Waals surface area contributed by atoms with E-state index in [4.69, 9.17) is 10.7 Å². The summed E-state index contributed by atoms with van der Waals surface area (Å²) in [5.41, 5.74) is -0.459. The highest BCUT2D eigenvalue weighted by Gasteiger charge is 2.24. The van der Waals surface area contributed by atoms with E-state index in [-0.39, 0.29) is 17.2 Å². The van der Waals surface area contributed by atoms with Crippen molar-refractivity contribution in [1.29, 1.82) is 0 Å². The molecule has 1 rings (SSSR count). The summed E-state index contributed by atoms with van der Waals surface area (Å²) in [7, 11) is 1.04. The van der Waals surface area contributed by atoms with Crippen molar-refractivity contribution >= 4 is 31.3 Å². The lowest BCUT2D eigenvalue weighted by atomic mass is 10.1. The Labute approximate surface area is 126 Å². The van der Waals surface area contributed by atoms with Gasteiger partial charge in [0.25, 0.3) is 20.6 Å². The molecule has 0 aliphatic rings. The number of nitrogens with zero attached hydrogens (tertiary/aromatic N) is 1. The molecule has 21 heavy (non-hydrogen) atoms. The second-order valence-electron chi connectivity index (χ2n) is 4.59. The average molecular weight is 335 g/mol. The molecular weight excluding hydrogens is 320 g/mol. The quantitative estimate of drug-likeness (QED) is 0.505. The first-order valence-electron chi connectivity index (χ1n) is 6.12. The second kappa shape index (κ2) is 6.40. The van der Waals surface area contributed by atoms with E-state index in [1.165, 1.54) is 6.92 Å². The van der Waals surface area contributed by atoms with Crippen molar-refractivity contribution in [2.45, 2.75) is 38.1 Å². The molecule has 0 heterocycles. The van der Waals surface area contributed by atoms with Crippen LogP contribution in [0.15, 0.2) is 17.0 Å². The zero-order valence-electron chi connectivity index (χ0n) is 11.7. The Bertz CT molecular complexity index is 687. The SMILES string of the molecule is CCC(C)NC(=O)c1cc(S(=O)(=O)Cl)cc([N+](=O)[O-])c1C. The van der Waals surface area contributed by atoms with Crippen LogP contribution in [-0.2, 0) is 9.05 Å². The summed E-state index contributed by atoms with van der Waals surface area (Å²) in [5.74, 6) is -0.577. The highest BCUT2D eigenvalue weighted by atomic mass is 35.7. The van der Waals surface area contributed by atoms with Crippen LogP contribution in [0, 0.1) is 17.0 Å². The summed E-state index contributed by atoms with van der Waals surface area (Å²) in [6.07, 6.45) is 0.667. The minimum absolute atomic E-state index is 0.0799. The summed E-state index contributed by atoms with van der Waals surface area (Å²) in [6.45, 7) is 5.01. The Morgan fingerprint density at radius 1 is 1.48 bits per heavy atom. The zero-order valence-corrected chi connectivity index (χ0v) is 13.3. The molecular formula is C12H15ClN2O5S. The van der Waals surface area contributed by atoms with E-state index in [0.29, 0.717) is 6.42 Å². The lowest BCUT2D eigenvalue weighted by Gasteiger charge is -2.13. The Morgan fingerprint density at radius 2 is 2.05 bits per heavy atom. The second-order valence-corrected chi connectivity index (χ2v) is 7.16. The summed E-state index contributed by atoms with van der Waals surface area (Å²) >= 11 is 0. The summed E-state index contributed by atoms with van der Waals surface area (Å²) in [6, 6.07) is 1.74. The average Bonchev–Trinajstić information content (AvgIpc) is 2.36. The van der Waals surface area contributed by atoms with Gasteiger partial charge in [0.1, 0.15) is 0 Å². The van der Waals surface area contributed by atoms with Crippen LogP contribution in [0.25, 0.3) is 0 Å². The van der Waals surface area contributed by atoms with Crippen molar-refractivity contribution < 1.29 is 18.1 Å². The molecule has 0 saturated heterocycles. The predicted molar refractivity (Wildman–Crippen MR) is 78.1 cm³/mol. The van der Waals surface area contributed by atoms with Gasteiger partial charge in [-0.25, -0.2) is 8.42 Å². The zero-order chi connectivity index (χ0) is 16.4. The third-order valence-electron chi connectivity index (χ3n) is 3.07. The van der Waals surface area contributed by atoms with Crippen molar-refractivity contribution in [2.75, 3.05) is 0 Å². The number of hydrogen-bond acceptors (Lipinski definition) is 5. The predicted octanol–water partition coefficient (Wildman–Crippen LogP) is 2.36. The number of halogens is 1. The van der Waals surface area contributed by atoms with E-state index in [9.17, 15) is 23.3 Å². The first-order chi connectivity index (χ1) is 9.57. The smallest absolute Gasteiger partial charge is 0.274 e. The minimum atomic E-state index is -4.18. The van der Waals surface area contributed by atoms with Gasteiger partial charge in [0.05, 0.1) is 15.4 Å². The topological polar surface area (TPSA) is 106 Å². The van der Waals surface area contributed by atoms with Crippen LogP contribution in [0.1, 0.15) is 36.2 Å². The summed E-state index contributed by atoms with van der Waals surface area (Å²) in [4.78, 5) is 21.9. The third kappa shape index (κ3) is 4.15. The molecule has 1 N–H and O–H groups in total. The molecule has 0 aromatic heterocycles. The van der Waals surface area contributed by atoms with Crippen LogP contribution < -0.4 is 5.32 Å². The normalized spacial score (nSPS) is 12.8. The fourth-order valence-electron chi connectivity index (χ4n) is 1.64. The molecule has 0 fully saturated rings.